The fourth-order valence-corrected chi connectivity index (χ4v) is 2.02. The van der Waals surface area contributed by atoms with Gasteiger partial charge in [-0.2, -0.15) is 0 Å². The Kier molecular flexibility index (Phi) is 2.87. The molecular formula is C14H15N5. The number of benzene rings is 1. The number of imidazole rings is 1. The quantitative estimate of drug-likeness (QED) is 0.753. The molecule has 0 amide bonds. The minimum absolute atomic E-state index is 0.169. The van der Waals surface area contributed by atoms with Crippen molar-refractivity contribution in [2.75, 3.05) is 5.32 Å². The second-order valence-electron chi connectivity index (χ2n) is 4.60. The van der Waals surface area contributed by atoms with Crippen molar-refractivity contribution in [3.8, 4) is 0 Å². The topological polar surface area (TPSA) is 66.5 Å². The fraction of sp³-hybridized carbons (Fsp3) is 0.214. The number of aryl methyl sites for hydroxylation is 1. The minimum Gasteiger partial charge on any atom is -0.362 e. The van der Waals surface area contributed by atoms with Crippen LogP contribution in [0, 0.1) is 6.92 Å². The highest BCUT2D eigenvalue weighted by atomic mass is 15.1. The van der Waals surface area contributed by atoms with Crippen molar-refractivity contribution >= 4 is 17.0 Å². The summed E-state index contributed by atoms with van der Waals surface area (Å²) in [6.07, 6.45) is 3.15. The lowest BCUT2D eigenvalue weighted by atomic mass is 10.1. The summed E-state index contributed by atoms with van der Waals surface area (Å²) >= 11 is 0. The summed E-state index contributed by atoms with van der Waals surface area (Å²) in [4.78, 5) is 15.5. The molecule has 0 bridgehead atoms. The number of hydrogen-bond donors (Lipinski definition) is 2. The molecule has 1 unspecified atom stereocenters. The molecule has 5 nitrogen and oxygen atoms in total. The average molecular weight is 253 g/mol. The van der Waals surface area contributed by atoms with Crippen LogP contribution < -0.4 is 5.32 Å². The predicted octanol–water partition coefficient (Wildman–Crippen LogP) is 2.83. The highest BCUT2D eigenvalue weighted by Crippen LogP contribution is 2.21. The highest BCUT2D eigenvalue weighted by molar-refractivity contribution is 5.82. The van der Waals surface area contributed by atoms with E-state index in [0.717, 1.165) is 11.3 Å². The van der Waals surface area contributed by atoms with E-state index in [0.29, 0.717) is 5.65 Å². The number of anilines is 1. The molecule has 1 aromatic carbocycles. The summed E-state index contributed by atoms with van der Waals surface area (Å²) < 4.78 is 0. The molecule has 0 saturated carbocycles. The van der Waals surface area contributed by atoms with Gasteiger partial charge in [0.05, 0.1) is 12.4 Å². The van der Waals surface area contributed by atoms with Crippen molar-refractivity contribution in [1.82, 2.24) is 19.9 Å². The van der Waals surface area contributed by atoms with Crippen molar-refractivity contribution in [2.24, 2.45) is 0 Å². The Morgan fingerprint density at radius 2 is 1.89 bits per heavy atom. The Hall–Kier alpha value is -2.43. The largest absolute Gasteiger partial charge is 0.362 e. The van der Waals surface area contributed by atoms with Gasteiger partial charge in [0.25, 0.3) is 0 Å². The standard InChI is InChI=1S/C14H15N5/c1-9-3-5-11(6-4-9)10(2)19-14-12-13(16-7-15-12)17-8-18-14/h3-8,10H,1-2H3,(H2,15,16,17,18,19). The van der Waals surface area contributed by atoms with Crippen LogP contribution in [0.1, 0.15) is 24.1 Å². The van der Waals surface area contributed by atoms with Gasteiger partial charge in [0.1, 0.15) is 11.8 Å². The molecule has 1 atom stereocenters. The molecule has 96 valence electrons. The highest BCUT2D eigenvalue weighted by Gasteiger charge is 2.10. The third-order valence-electron chi connectivity index (χ3n) is 3.15. The van der Waals surface area contributed by atoms with Gasteiger partial charge in [0.2, 0.25) is 0 Å². The SMILES string of the molecule is Cc1ccc(C(C)Nc2ncnc3nc[nH]c23)cc1. The normalized spacial score (nSPS) is 12.5. The van der Waals surface area contributed by atoms with Crippen LogP contribution >= 0.6 is 0 Å². The van der Waals surface area contributed by atoms with Gasteiger partial charge in [-0.05, 0) is 19.4 Å². The van der Waals surface area contributed by atoms with Gasteiger partial charge in [0, 0.05) is 0 Å². The number of rotatable bonds is 3. The molecule has 19 heavy (non-hydrogen) atoms. The molecule has 0 radical (unpaired) electrons. The van der Waals surface area contributed by atoms with E-state index in [9.17, 15) is 0 Å². The van der Waals surface area contributed by atoms with Crippen molar-refractivity contribution in [1.29, 1.82) is 0 Å². The molecular weight excluding hydrogens is 238 g/mol. The van der Waals surface area contributed by atoms with Gasteiger partial charge in [-0.25, -0.2) is 15.0 Å². The number of nitrogens with one attached hydrogen (secondary N) is 2. The number of nitrogens with zero attached hydrogens (tertiary/aromatic N) is 3. The third kappa shape index (κ3) is 2.27. The van der Waals surface area contributed by atoms with Gasteiger partial charge in [-0.15, -0.1) is 0 Å². The molecule has 3 aromatic rings. The maximum atomic E-state index is 4.27. The van der Waals surface area contributed by atoms with E-state index < -0.39 is 0 Å². The Labute approximate surface area is 111 Å². The molecule has 0 aliphatic heterocycles. The van der Waals surface area contributed by atoms with Gasteiger partial charge in [-0.1, -0.05) is 29.8 Å². The van der Waals surface area contributed by atoms with Gasteiger partial charge in [-0.3, -0.25) is 0 Å². The molecule has 2 heterocycles. The van der Waals surface area contributed by atoms with Crippen LogP contribution in [0.5, 0.6) is 0 Å². The van der Waals surface area contributed by atoms with Gasteiger partial charge < -0.3 is 10.3 Å². The van der Waals surface area contributed by atoms with Crippen molar-refractivity contribution in [3.05, 3.63) is 48.0 Å². The molecule has 0 aliphatic rings. The van der Waals surface area contributed by atoms with E-state index in [2.05, 4.69) is 63.4 Å². The zero-order chi connectivity index (χ0) is 13.2. The summed E-state index contributed by atoms with van der Waals surface area (Å²) in [5.41, 5.74) is 3.99. The lowest BCUT2D eigenvalue weighted by Gasteiger charge is -2.15. The lowest BCUT2D eigenvalue weighted by Crippen LogP contribution is -2.08. The zero-order valence-electron chi connectivity index (χ0n) is 10.9. The molecule has 5 heteroatoms. The molecule has 0 fully saturated rings. The molecule has 0 aliphatic carbocycles. The first-order chi connectivity index (χ1) is 9.24. The maximum absolute atomic E-state index is 4.27. The van der Waals surface area contributed by atoms with Crippen LogP contribution in [0.2, 0.25) is 0 Å². The van der Waals surface area contributed by atoms with Gasteiger partial charge >= 0.3 is 0 Å². The monoisotopic (exact) mass is 253 g/mol. The van der Waals surface area contributed by atoms with Crippen LogP contribution in [-0.4, -0.2) is 19.9 Å². The molecule has 3 rings (SSSR count). The summed E-state index contributed by atoms with van der Waals surface area (Å²) in [6.45, 7) is 4.19. The Balaban J connectivity index is 1.88. The van der Waals surface area contributed by atoms with Crippen molar-refractivity contribution in [3.63, 3.8) is 0 Å². The molecule has 2 N–H and O–H groups in total. The number of aromatic amines is 1. The summed E-state index contributed by atoms with van der Waals surface area (Å²) in [5, 5.41) is 3.38. The van der Waals surface area contributed by atoms with Crippen molar-refractivity contribution < 1.29 is 0 Å². The van der Waals surface area contributed by atoms with E-state index >= 15 is 0 Å². The average Bonchev–Trinajstić information content (AvgIpc) is 2.89. The third-order valence-corrected chi connectivity index (χ3v) is 3.15. The summed E-state index contributed by atoms with van der Waals surface area (Å²) in [6, 6.07) is 8.64. The van der Waals surface area contributed by atoms with E-state index in [1.807, 2.05) is 0 Å². The molecule has 0 spiro atoms. The van der Waals surface area contributed by atoms with E-state index in [4.69, 9.17) is 0 Å². The first kappa shape index (κ1) is 11.6. The van der Waals surface area contributed by atoms with Crippen LogP contribution in [-0.2, 0) is 0 Å². The second-order valence-corrected chi connectivity index (χ2v) is 4.60. The van der Waals surface area contributed by atoms with Crippen LogP contribution in [0.4, 0.5) is 5.82 Å². The predicted molar refractivity (Wildman–Crippen MR) is 74.9 cm³/mol. The Morgan fingerprint density at radius 3 is 2.68 bits per heavy atom. The van der Waals surface area contributed by atoms with Crippen LogP contribution in [0.3, 0.4) is 0 Å². The zero-order valence-corrected chi connectivity index (χ0v) is 10.9. The van der Waals surface area contributed by atoms with Crippen molar-refractivity contribution in [2.45, 2.75) is 19.9 Å². The fourth-order valence-electron chi connectivity index (χ4n) is 2.02. The summed E-state index contributed by atoms with van der Waals surface area (Å²) in [5.74, 6) is 0.774. The number of H-pyrrole nitrogens is 1. The smallest absolute Gasteiger partial charge is 0.182 e. The minimum atomic E-state index is 0.169. The number of aromatic nitrogens is 4. The lowest BCUT2D eigenvalue weighted by molar-refractivity contribution is 0.874. The first-order valence-corrected chi connectivity index (χ1v) is 6.21. The Bertz CT molecular complexity index is 686. The first-order valence-electron chi connectivity index (χ1n) is 6.21. The Morgan fingerprint density at radius 1 is 1.11 bits per heavy atom. The number of hydrogen-bond acceptors (Lipinski definition) is 4. The van der Waals surface area contributed by atoms with E-state index in [-0.39, 0.29) is 6.04 Å². The number of fused-ring (bicyclic) bond motifs is 1. The molecule has 2 aromatic heterocycles. The summed E-state index contributed by atoms with van der Waals surface area (Å²) in [7, 11) is 0. The van der Waals surface area contributed by atoms with Gasteiger partial charge in [0.15, 0.2) is 11.5 Å². The second kappa shape index (κ2) is 4.68. The maximum Gasteiger partial charge on any atom is 0.182 e. The molecule has 0 saturated heterocycles. The van der Waals surface area contributed by atoms with E-state index in [1.54, 1.807) is 6.33 Å². The van der Waals surface area contributed by atoms with E-state index in [1.165, 1.54) is 17.5 Å². The van der Waals surface area contributed by atoms with Crippen LogP contribution in [0.25, 0.3) is 11.2 Å². The van der Waals surface area contributed by atoms with Crippen LogP contribution in [0.15, 0.2) is 36.9 Å².